The molecule has 0 saturated carbocycles. The predicted octanol–water partition coefficient (Wildman–Crippen LogP) is 1.57. The quantitative estimate of drug-likeness (QED) is 0.805. The topological polar surface area (TPSA) is 58.3 Å². The SMILES string of the molecule is Cn1cc(CCC(CO)(CO)Cc2ccccc2)cn1. The van der Waals surface area contributed by atoms with Gasteiger partial charge in [-0.05, 0) is 30.4 Å². The molecule has 0 spiro atoms. The predicted molar refractivity (Wildman–Crippen MR) is 78.3 cm³/mol. The summed E-state index contributed by atoms with van der Waals surface area (Å²) in [6.45, 7) is -0.0304. The van der Waals surface area contributed by atoms with Gasteiger partial charge < -0.3 is 10.2 Å². The van der Waals surface area contributed by atoms with Crippen LogP contribution in [0.3, 0.4) is 0 Å². The number of rotatable bonds is 7. The summed E-state index contributed by atoms with van der Waals surface area (Å²) in [4.78, 5) is 0. The Kier molecular flexibility index (Phi) is 4.93. The molecule has 2 rings (SSSR count). The summed E-state index contributed by atoms with van der Waals surface area (Å²) in [5.41, 5.74) is 1.80. The molecule has 4 nitrogen and oxygen atoms in total. The summed E-state index contributed by atoms with van der Waals surface area (Å²) >= 11 is 0. The molecule has 1 aromatic heterocycles. The first-order valence-corrected chi connectivity index (χ1v) is 6.91. The van der Waals surface area contributed by atoms with E-state index < -0.39 is 5.41 Å². The zero-order valence-electron chi connectivity index (χ0n) is 11.9. The zero-order chi connectivity index (χ0) is 14.4. The number of aliphatic hydroxyl groups excluding tert-OH is 2. The molecule has 0 amide bonds. The zero-order valence-corrected chi connectivity index (χ0v) is 11.9. The maximum atomic E-state index is 9.74. The highest BCUT2D eigenvalue weighted by atomic mass is 16.3. The van der Waals surface area contributed by atoms with E-state index in [2.05, 4.69) is 5.10 Å². The van der Waals surface area contributed by atoms with Crippen LogP contribution < -0.4 is 0 Å². The molecule has 108 valence electrons. The fourth-order valence-corrected chi connectivity index (χ4v) is 2.45. The van der Waals surface area contributed by atoms with E-state index in [0.717, 1.165) is 24.0 Å². The number of hydrogen-bond acceptors (Lipinski definition) is 3. The lowest BCUT2D eigenvalue weighted by molar-refractivity contribution is 0.0475. The van der Waals surface area contributed by atoms with Gasteiger partial charge in [0.1, 0.15) is 0 Å². The number of aliphatic hydroxyl groups is 2. The highest BCUT2D eigenvalue weighted by Crippen LogP contribution is 2.28. The van der Waals surface area contributed by atoms with Crippen molar-refractivity contribution in [3.8, 4) is 0 Å². The lowest BCUT2D eigenvalue weighted by atomic mass is 9.78. The lowest BCUT2D eigenvalue weighted by Crippen LogP contribution is -2.33. The smallest absolute Gasteiger partial charge is 0.0521 e. The Hall–Kier alpha value is -1.65. The fourth-order valence-electron chi connectivity index (χ4n) is 2.45. The Morgan fingerprint density at radius 3 is 2.35 bits per heavy atom. The molecule has 0 bridgehead atoms. The molecule has 0 saturated heterocycles. The van der Waals surface area contributed by atoms with Gasteiger partial charge in [-0.1, -0.05) is 30.3 Å². The monoisotopic (exact) mass is 274 g/mol. The summed E-state index contributed by atoms with van der Waals surface area (Å²) in [5.74, 6) is 0. The summed E-state index contributed by atoms with van der Waals surface area (Å²) in [7, 11) is 1.89. The standard InChI is InChI=1S/C16H22N2O2/c1-18-11-15(10-17-18)7-8-16(12-19,13-20)9-14-5-3-2-4-6-14/h2-6,10-11,19-20H,7-9,12-13H2,1H3. The average Bonchev–Trinajstić information content (AvgIpc) is 2.90. The molecule has 0 aliphatic heterocycles. The van der Waals surface area contributed by atoms with Crippen LogP contribution in [0.4, 0.5) is 0 Å². The first-order valence-electron chi connectivity index (χ1n) is 6.91. The van der Waals surface area contributed by atoms with Crippen molar-refractivity contribution in [2.45, 2.75) is 19.3 Å². The van der Waals surface area contributed by atoms with Crippen LogP contribution in [-0.4, -0.2) is 33.2 Å². The highest BCUT2D eigenvalue weighted by Gasteiger charge is 2.29. The number of hydrogen-bond donors (Lipinski definition) is 2. The van der Waals surface area contributed by atoms with Gasteiger partial charge in [-0.25, -0.2) is 0 Å². The summed E-state index contributed by atoms with van der Waals surface area (Å²) in [6.07, 6.45) is 6.04. The summed E-state index contributed by atoms with van der Waals surface area (Å²) in [6, 6.07) is 10.00. The van der Waals surface area contributed by atoms with Crippen LogP contribution >= 0.6 is 0 Å². The molecule has 0 unspecified atom stereocenters. The van der Waals surface area contributed by atoms with E-state index in [1.807, 2.05) is 49.8 Å². The number of aryl methyl sites for hydroxylation is 2. The van der Waals surface area contributed by atoms with Crippen molar-refractivity contribution in [3.05, 3.63) is 53.9 Å². The van der Waals surface area contributed by atoms with Gasteiger partial charge in [0.2, 0.25) is 0 Å². The van der Waals surface area contributed by atoms with Crippen molar-refractivity contribution >= 4 is 0 Å². The average molecular weight is 274 g/mol. The number of nitrogens with zero attached hydrogens (tertiary/aromatic N) is 2. The van der Waals surface area contributed by atoms with Crippen LogP contribution in [0.5, 0.6) is 0 Å². The first kappa shape index (κ1) is 14.8. The van der Waals surface area contributed by atoms with Crippen LogP contribution in [0.1, 0.15) is 17.5 Å². The van der Waals surface area contributed by atoms with Gasteiger partial charge in [0.05, 0.1) is 19.4 Å². The fraction of sp³-hybridized carbons (Fsp3) is 0.438. The second-order valence-electron chi connectivity index (χ2n) is 5.50. The molecule has 0 radical (unpaired) electrons. The van der Waals surface area contributed by atoms with Crippen LogP contribution in [0, 0.1) is 5.41 Å². The Labute approximate surface area is 119 Å². The molecule has 0 aliphatic rings. The second-order valence-corrected chi connectivity index (χ2v) is 5.50. The first-order chi connectivity index (χ1) is 9.67. The van der Waals surface area contributed by atoms with E-state index in [9.17, 15) is 10.2 Å². The molecule has 4 heteroatoms. The maximum Gasteiger partial charge on any atom is 0.0521 e. The Morgan fingerprint density at radius 2 is 1.80 bits per heavy atom. The summed E-state index contributed by atoms with van der Waals surface area (Å²) < 4.78 is 1.77. The minimum atomic E-state index is -0.475. The summed E-state index contributed by atoms with van der Waals surface area (Å²) in [5, 5.41) is 23.6. The van der Waals surface area contributed by atoms with E-state index in [4.69, 9.17) is 0 Å². The van der Waals surface area contributed by atoms with Gasteiger partial charge in [0.25, 0.3) is 0 Å². The molecule has 2 aromatic rings. The van der Waals surface area contributed by atoms with E-state index in [1.54, 1.807) is 4.68 Å². The molecule has 0 aliphatic carbocycles. The van der Waals surface area contributed by atoms with Crippen LogP contribution in [0.15, 0.2) is 42.7 Å². The van der Waals surface area contributed by atoms with E-state index in [1.165, 1.54) is 0 Å². The number of aromatic nitrogens is 2. The Bertz CT molecular complexity index is 518. The molecule has 1 heterocycles. The van der Waals surface area contributed by atoms with Gasteiger partial charge in [-0.15, -0.1) is 0 Å². The van der Waals surface area contributed by atoms with Crippen molar-refractivity contribution in [2.75, 3.05) is 13.2 Å². The molecule has 0 atom stereocenters. The normalized spacial score (nSPS) is 11.8. The van der Waals surface area contributed by atoms with Gasteiger partial charge in [-0.2, -0.15) is 5.10 Å². The molecule has 0 fully saturated rings. The van der Waals surface area contributed by atoms with Gasteiger partial charge >= 0.3 is 0 Å². The van der Waals surface area contributed by atoms with Crippen molar-refractivity contribution in [3.63, 3.8) is 0 Å². The van der Waals surface area contributed by atoms with E-state index in [0.29, 0.717) is 6.42 Å². The number of benzene rings is 1. The van der Waals surface area contributed by atoms with Crippen molar-refractivity contribution < 1.29 is 10.2 Å². The second kappa shape index (κ2) is 6.68. The molecular weight excluding hydrogens is 252 g/mol. The largest absolute Gasteiger partial charge is 0.396 e. The molecular formula is C16H22N2O2. The van der Waals surface area contributed by atoms with Gasteiger partial charge in [0, 0.05) is 18.7 Å². The highest BCUT2D eigenvalue weighted by molar-refractivity contribution is 5.17. The Morgan fingerprint density at radius 1 is 1.10 bits per heavy atom. The molecule has 20 heavy (non-hydrogen) atoms. The molecule has 1 aromatic carbocycles. The van der Waals surface area contributed by atoms with Crippen LogP contribution in [-0.2, 0) is 19.9 Å². The third-order valence-electron chi connectivity index (χ3n) is 3.80. The van der Waals surface area contributed by atoms with Gasteiger partial charge in [0.15, 0.2) is 0 Å². The maximum absolute atomic E-state index is 9.74. The minimum Gasteiger partial charge on any atom is -0.396 e. The molecule has 2 N–H and O–H groups in total. The third-order valence-corrected chi connectivity index (χ3v) is 3.80. The van der Waals surface area contributed by atoms with Crippen LogP contribution in [0.25, 0.3) is 0 Å². The van der Waals surface area contributed by atoms with Crippen molar-refractivity contribution in [2.24, 2.45) is 12.5 Å². The van der Waals surface area contributed by atoms with Gasteiger partial charge in [-0.3, -0.25) is 4.68 Å². The third kappa shape index (κ3) is 3.68. The van der Waals surface area contributed by atoms with E-state index >= 15 is 0 Å². The lowest BCUT2D eigenvalue weighted by Gasteiger charge is -2.30. The minimum absolute atomic E-state index is 0.0152. The van der Waals surface area contributed by atoms with Crippen molar-refractivity contribution in [1.29, 1.82) is 0 Å². The van der Waals surface area contributed by atoms with Crippen molar-refractivity contribution in [1.82, 2.24) is 9.78 Å². The Balaban J connectivity index is 2.04. The van der Waals surface area contributed by atoms with Crippen LogP contribution in [0.2, 0.25) is 0 Å². The van der Waals surface area contributed by atoms with E-state index in [-0.39, 0.29) is 13.2 Å².